The molecule has 0 spiro atoms. The lowest BCUT2D eigenvalue weighted by atomic mass is 9.76. The van der Waals surface area contributed by atoms with E-state index in [9.17, 15) is 4.79 Å². The van der Waals surface area contributed by atoms with Gasteiger partial charge in [0.25, 0.3) is 0 Å². The van der Waals surface area contributed by atoms with E-state index in [1.807, 2.05) is 12.1 Å². The van der Waals surface area contributed by atoms with Gasteiger partial charge in [0, 0.05) is 12.3 Å². The van der Waals surface area contributed by atoms with Crippen molar-refractivity contribution >= 4 is 5.78 Å². The molecule has 0 heterocycles. The first-order valence-electron chi connectivity index (χ1n) is 7.38. The Bertz CT molecular complexity index is 425. The molecule has 1 aliphatic carbocycles. The fourth-order valence-corrected chi connectivity index (χ4v) is 3.15. The minimum atomic E-state index is 0.220. The van der Waals surface area contributed by atoms with Crippen molar-refractivity contribution in [1.82, 2.24) is 0 Å². The molecule has 2 unspecified atom stereocenters. The normalized spacial score (nSPS) is 23.4. The highest BCUT2D eigenvalue weighted by molar-refractivity contribution is 5.82. The van der Waals surface area contributed by atoms with Crippen LogP contribution >= 0.6 is 0 Å². The minimum absolute atomic E-state index is 0.220. The van der Waals surface area contributed by atoms with Crippen molar-refractivity contribution in [2.45, 2.75) is 45.4 Å². The van der Waals surface area contributed by atoms with Crippen molar-refractivity contribution in [3.63, 3.8) is 0 Å². The number of ketones is 1. The quantitative estimate of drug-likeness (QED) is 0.799. The number of Topliss-reactive ketones (excluding diaryl/α,β-unsaturated/α-hetero) is 1. The highest BCUT2D eigenvalue weighted by Crippen LogP contribution is 2.32. The highest BCUT2D eigenvalue weighted by atomic mass is 16.5. The van der Waals surface area contributed by atoms with E-state index in [1.165, 1.54) is 18.4 Å². The Balaban J connectivity index is 2.01. The molecular weight excluding hydrogens is 236 g/mol. The molecule has 1 saturated carbocycles. The van der Waals surface area contributed by atoms with Gasteiger partial charge in [-0.3, -0.25) is 4.79 Å². The summed E-state index contributed by atoms with van der Waals surface area (Å²) >= 11 is 0. The first kappa shape index (κ1) is 14.1. The Morgan fingerprint density at radius 2 is 2.21 bits per heavy atom. The van der Waals surface area contributed by atoms with Gasteiger partial charge in [0.1, 0.15) is 11.5 Å². The maximum atomic E-state index is 12.1. The van der Waals surface area contributed by atoms with E-state index >= 15 is 0 Å². The molecule has 1 aromatic rings. The molecule has 1 fully saturated rings. The molecule has 0 aliphatic heterocycles. The number of hydrogen-bond donors (Lipinski definition) is 0. The van der Waals surface area contributed by atoms with Gasteiger partial charge in [0.15, 0.2) is 0 Å². The molecule has 2 rings (SSSR count). The van der Waals surface area contributed by atoms with E-state index in [0.717, 1.165) is 37.4 Å². The standard InChI is InChI=1S/C17H24O2/c1-3-5-13-8-9-17(18)15(10-13)11-14-6-4-7-16(12-14)19-2/h4,6-7,12-13,15H,3,5,8-11H2,1-2H3. The second-order valence-electron chi connectivity index (χ2n) is 5.65. The van der Waals surface area contributed by atoms with Gasteiger partial charge in [-0.1, -0.05) is 31.9 Å². The summed E-state index contributed by atoms with van der Waals surface area (Å²) in [5.74, 6) is 2.30. The van der Waals surface area contributed by atoms with Crippen molar-refractivity contribution in [2.24, 2.45) is 11.8 Å². The fraction of sp³-hybridized carbons (Fsp3) is 0.588. The van der Waals surface area contributed by atoms with Gasteiger partial charge in [-0.05, 0) is 42.9 Å². The Hall–Kier alpha value is -1.31. The van der Waals surface area contributed by atoms with Crippen LogP contribution in [0.4, 0.5) is 0 Å². The first-order chi connectivity index (χ1) is 9.22. The Labute approximate surface area is 116 Å². The second-order valence-corrected chi connectivity index (χ2v) is 5.65. The molecule has 104 valence electrons. The van der Waals surface area contributed by atoms with Gasteiger partial charge in [-0.15, -0.1) is 0 Å². The van der Waals surface area contributed by atoms with Crippen molar-refractivity contribution in [2.75, 3.05) is 7.11 Å². The molecule has 0 N–H and O–H groups in total. The molecule has 2 nitrogen and oxygen atoms in total. The molecule has 1 aromatic carbocycles. The monoisotopic (exact) mass is 260 g/mol. The van der Waals surface area contributed by atoms with Crippen LogP contribution in [0, 0.1) is 11.8 Å². The summed E-state index contributed by atoms with van der Waals surface area (Å²) < 4.78 is 5.25. The van der Waals surface area contributed by atoms with Gasteiger partial charge in [0.05, 0.1) is 7.11 Å². The topological polar surface area (TPSA) is 26.3 Å². The Morgan fingerprint density at radius 3 is 2.95 bits per heavy atom. The summed E-state index contributed by atoms with van der Waals surface area (Å²) in [4.78, 5) is 12.1. The summed E-state index contributed by atoms with van der Waals surface area (Å²) in [7, 11) is 1.68. The lowest BCUT2D eigenvalue weighted by molar-refractivity contribution is -0.125. The van der Waals surface area contributed by atoms with Crippen LogP contribution in [-0.2, 0) is 11.2 Å². The number of carbonyl (C=O) groups is 1. The zero-order valence-electron chi connectivity index (χ0n) is 12.0. The van der Waals surface area contributed by atoms with Crippen LogP contribution in [0.5, 0.6) is 5.75 Å². The number of methoxy groups -OCH3 is 1. The van der Waals surface area contributed by atoms with E-state index in [4.69, 9.17) is 4.74 Å². The number of carbonyl (C=O) groups excluding carboxylic acids is 1. The maximum absolute atomic E-state index is 12.1. The molecule has 0 amide bonds. The molecule has 19 heavy (non-hydrogen) atoms. The molecule has 0 saturated heterocycles. The van der Waals surface area contributed by atoms with E-state index < -0.39 is 0 Å². The third kappa shape index (κ3) is 3.82. The predicted octanol–water partition coefficient (Wildman–Crippen LogP) is 4.02. The van der Waals surface area contributed by atoms with Crippen LogP contribution in [0.2, 0.25) is 0 Å². The second kappa shape index (κ2) is 6.74. The summed E-state index contributed by atoms with van der Waals surface area (Å²) in [6.07, 6.45) is 6.31. The molecule has 2 heteroatoms. The third-order valence-corrected chi connectivity index (χ3v) is 4.19. The van der Waals surface area contributed by atoms with Crippen molar-refractivity contribution in [3.8, 4) is 5.75 Å². The van der Waals surface area contributed by atoms with Gasteiger partial charge >= 0.3 is 0 Å². The fourth-order valence-electron chi connectivity index (χ4n) is 3.15. The van der Waals surface area contributed by atoms with Crippen LogP contribution in [0.1, 0.15) is 44.6 Å². The van der Waals surface area contributed by atoms with Crippen molar-refractivity contribution in [3.05, 3.63) is 29.8 Å². The van der Waals surface area contributed by atoms with Gasteiger partial charge < -0.3 is 4.74 Å². The Morgan fingerprint density at radius 1 is 1.37 bits per heavy atom. The molecule has 0 bridgehead atoms. The number of benzene rings is 1. The smallest absolute Gasteiger partial charge is 0.136 e. The lowest BCUT2D eigenvalue weighted by Crippen LogP contribution is -2.26. The van der Waals surface area contributed by atoms with Crippen molar-refractivity contribution in [1.29, 1.82) is 0 Å². The van der Waals surface area contributed by atoms with Crippen LogP contribution < -0.4 is 4.74 Å². The number of hydrogen-bond acceptors (Lipinski definition) is 2. The summed E-state index contributed by atoms with van der Waals surface area (Å²) in [6.45, 7) is 2.23. The highest BCUT2D eigenvalue weighted by Gasteiger charge is 2.28. The zero-order valence-corrected chi connectivity index (χ0v) is 12.0. The largest absolute Gasteiger partial charge is 0.497 e. The van der Waals surface area contributed by atoms with Gasteiger partial charge in [-0.25, -0.2) is 0 Å². The average Bonchev–Trinajstić information content (AvgIpc) is 2.43. The predicted molar refractivity (Wildman–Crippen MR) is 77.4 cm³/mol. The van der Waals surface area contributed by atoms with E-state index in [2.05, 4.69) is 19.1 Å². The van der Waals surface area contributed by atoms with Gasteiger partial charge in [0.2, 0.25) is 0 Å². The summed E-state index contributed by atoms with van der Waals surface area (Å²) in [5.41, 5.74) is 1.22. The van der Waals surface area contributed by atoms with E-state index in [1.54, 1.807) is 7.11 Å². The SMILES string of the molecule is CCCC1CCC(=O)C(Cc2cccc(OC)c2)C1. The van der Waals surface area contributed by atoms with Crippen LogP contribution in [0.15, 0.2) is 24.3 Å². The van der Waals surface area contributed by atoms with E-state index in [0.29, 0.717) is 5.78 Å². The molecular formula is C17H24O2. The minimum Gasteiger partial charge on any atom is -0.497 e. The molecule has 0 aromatic heterocycles. The molecule has 1 aliphatic rings. The van der Waals surface area contributed by atoms with Crippen LogP contribution in [0.3, 0.4) is 0 Å². The average molecular weight is 260 g/mol. The number of rotatable bonds is 5. The zero-order chi connectivity index (χ0) is 13.7. The summed E-state index contributed by atoms with van der Waals surface area (Å²) in [6, 6.07) is 8.10. The van der Waals surface area contributed by atoms with Crippen LogP contribution in [0.25, 0.3) is 0 Å². The maximum Gasteiger partial charge on any atom is 0.136 e. The number of ether oxygens (including phenoxy) is 1. The van der Waals surface area contributed by atoms with Crippen LogP contribution in [-0.4, -0.2) is 12.9 Å². The molecule has 0 radical (unpaired) electrons. The van der Waals surface area contributed by atoms with Gasteiger partial charge in [-0.2, -0.15) is 0 Å². The third-order valence-electron chi connectivity index (χ3n) is 4.19. The molecule has 2 atom stereocenters. The van der Waals surface area contributed by atoms with Crippen molar-refractivity contribution < 1.29 is 9.53 Å². The summed E-state index contributed by atoms with van der Waals surface area (Å²) in [5, 5.41) is 0. The Kier molecular flexibility index (Phi) is 5.00. The lowest BCUT2D eigenvalue weighted by Gasteiger charge is -2.28. The first-order valence-corrected chi connectivity index (χ1v) is 7.38. The van der Waals surface area contributed by atoms with E-state index in [-0.39, 0.29) is 5.92 Å².